The molecule has 0 unspecified atom stereocenters. The summed E-state index contributed by atoms with van der Waals surface area (Å²) in [5.74, 6) is 0.0698. The van der Waals surface area contributed by atoms with E-state index in [1.54, 1.807) is 18.2 Å². The first kappa shape index (κ1) is 14.6. The number of H-pyrrole nitrogens is 1. The van der Waals surface area contributed by atoms with Gasteiger partial charge < -0.3 is 9.84 Å². The highest BCUT2D eigenvalue weighted by Gasteiger charge is 2.10. The molecule has 0 bridgehead atoms. The van der Waals surface area contributed by atoms with Crippen molar-refractivity contribution in [1.82, 2.24) is 20.3 Å². The fourth-order valence-electron chi connectivity index (χ4n) is 2.35. The van der Waals surface area contributed by atoms with Crippen molar-refractivity contribution in [3.05, 3.63) is 59.0 Å². The molecule has 4 rings (SSSR count). The zero-order valence-electron chi connectivity index (χ0n) is 12.3. The molecule has 24 heavy (non-hydrogen) atoms. The summed E-state index contributed by atoms with van der Waals surface area (Å²) in [5.41, 5.74) is 2.36. The van der Waals surface area contributed by atoms with Crippen molar-refractivity contribution in [3.8, 4) is 11.4 Å². The lowest BCUT2D eigenvalue weighted by atomic mass is 10.2. The summed E-state index contributed by atoms with van der Waals surface area (Å²) >= 11 is 6.02. The van der Waals surface area contributed by atoms with E-state index in [-0.39, 0.29) is 11.8 Å². The Balaban J connectivity index is 1.51. The third-order valence-corrected chi connectivity index (χ3v) is 3.77. The molecule has 2 aromatic heterocycles. The topological polar surface area (TPSA) is 79.6 Å². The zero-order chi connectivity index (χ0) is 16.5. The number of hydrogen-bond acceptors (Lipinski definition) is 5. The second-order valence-corrected chi connectivity index (χ2v) is 5.58. The van der Waals surface area contributed by atoms with Gasteiger partial charge in [0.1, 0.15) is 5.82 Å². The Hall–Kier alpha value is -2.93. The Morgan fingerprint density at radius 2 is 2.00 bits per heavy atom. The SMILES string of the molecule is Fc1ccc(-c2noc(NCc3[nH]nc4ccc(Cl)cc34)n2)cc1. The van der Waals surface area contributed by atoms with Crippen molar-refractivity contribution < 1.29 is 8.91 Å². The zero-order valence-corrected chi connectivity index (χ0v) is 13.0. The van der Waals surface area contributed by atoms with E-state index in [1.165, 1.54) is 12.1 Å². The normalized spacial score (nSPS) is 11.1. The standard InChI is InChI=1S/C16H11ClFN5O/c17-10-3-6-13-12(7-10)14(22-21-13)8-19-16-20-15(23-24-16)9-1-4-11(18)5-2-9/h1-7H,8H2,(H,21,22)(H,19,20,23). The third kappa shape index (κ3) is 2.81. The molecule has 0 saturated carbocycles. The van der Waals surface area contributed by atoms with Crippen LogP contribution in [0.15, 0.2) is 47.0 Å². The van der Waals surface area contributed by atoms with Gasteiger partial charge in [-0.05, 0) is 42.5 Å². The van der Waals surface area contributed by atoms with Gasteiger partial charge in [-0.15, -0.1) is 0 Å². The average Bonchev–Trinajstić information content (AvgIpc) is 3.20. The molecule has 0 atom stereocenters. The van der Waals surface area contributed by atoms with Gasteiger partial charge in [0.25, 0.3) is 0 Å². The molecule has 0 saturated heterocycles. The van der Waals surface area contributed by atoms with Crippen LogP contribution in [0.5, 0.6) is 0 Å². The minimum Gasteiger partial charge on any atom is -0.332 e. The molecule has 0 radical (unpaired) electrons. The second kappa shape index (κ2) is 5.93. The molecule has 2 heterocycles. The van der Waals surface area contributed by atoms with Crippen LogP contribution < -0.4 is 5.32 Å². The molecule has 0 aliphatic carbocycles. The molecule has 0 spiro atoms. The highest BCUT2D eigenvalue weighted by Crippen LogP contribution is 2.22. The van der Waals surface area contributed by atoms with Crippen LogP contribution in [-0.2, 0) is 6.54 Å². The number of aromatic amines is 1. The number of anilines is 1. The van der Waals surface area contributed by atoms with E-state index < -0.39 is 0 Å². The maximum Gasteiger partial charge on any atom is 0.322 e. The van der Waals surface area contributed by atoms with Gasteiger partial charge in [-0.1, -0.05) is 16.8 Å². The second-order valence-electron chi connectivity index (χ2n) is 5.15. The third-order valence-electron chi connectivity index (χ3n) is 3.54. The van der Waals surface area contributed by atoms with Crippen LogP contribution in [0.4, 0.5) is 10.4 Å². The predicted molar refractivity (Wildman–Crippen MR) is 88.1 cm³/mol. The van der Waals surface area contributed by atoms with Gasteiger partial charge in [-0.2, -0.15) is 10.1 Å². The van der Waals surface area contributed by atoms with Gasteiger partial charge in [0.2, 0.25) is 5.82 Å². The van der Waals surface area contributed by atoms with Crippen LogP contribution in [0.2, 0.25) is 5.02 Å². The summed E-state index contributed by atoms with van der Waals surface area (Å²) in [6.07, 6.45) is 0. The number of nitrogens with zero attached hydrogens (tertiary/aromatic N) is 3. The number of benzene rings is 2. The van der Waals surface area contributed by atoms with Crippen LogP contribution in [0.25, 0.3) is 22.3 Å². The van der Waals surface area contributed by atoms with E-state index in [1.807, 2.05) is 12.1 Å². The number of nitrogens with one attached hydrogen (secondary N) is 2. The van der Waals surface area contributed by atoms with Crippen molar-refractivity contribution in [1.29, 1.82) is 0 Å². The highest BCUT2D eigenvalue weighted by atomic mass is 35.5. The van der Waals surface area contributed by atoms with E-state index >= 15 is 0 Å². The maximum atomic E-state index is 12.9. The number of fused-ring (bicyclic) bond motifs is 1. The smallest absolute Gasteiger partial charge is 0.322 e. The fourth-order valence-corrected chi connectivity index (χ4v) is 2.52. The largest absolute Gasteiger partial charge is 0.332 e. The molecular weight excluding hydrogens is 333 g/mol. The first-order chi connectivity index (χ1) is 11.7. The highest BCUT2D eigenvalue weighted by molar-refractivity contribution is 6.31. The average molecular weight is 344 g/mol. The van der Waals surface area contributed by atoms with E-state index in [4.69, 9.17) is 16.1 Å². The predicted octanol–water partition coefficient (Wildman–Crippen LogP) is 4.02. The Kier molecular flexibility index (Phi) is 3.62. The molecule has 0 fully saturated rings. The van der Waals surface area contributed by atoms with E-state index in [0.717, 1.165) is 16.6 Å². The fraction of sp³-hybridized carbons (Fsp3) is 0.0625. The molecule has 8 heteroatoms. The maximum absolute atomic E-state index is 12.9. The lowest BCUT2D eigenvalue weighted by Gasteiger charge is -1.99. The summed E-state index contributed by atoms with van der Waals surface area (Å²) < 4.78 is 18.1. The molecule has 120 valence electrons. The monoisotopic (exact) mass is 343 g/mol. The number of hydrogen-bond donors (Lipinski definition) is 2. The number of rotatable bonds is 4. The van der Waals surface area contributed by atoms with Crippen molar-refractivity contribution in [2.24, 2.45) is 0 Å². The molecule has 4 aromatic rings. The Morgan fingerprint density at radius 1 is 1.17 bits per heavy atom. The van der Waals surface area contributed by atoms with Gasteiger partial charge in [-0.3, -0.25) is 5.10 Å². The van der Waals surface area contributed by atoms with Crippen LogP contribution in [-0.4, -0.2) is 20.3 Å². The van der Waals surface area contributed by atoms with Gasteiger partial charge in [0.05, 0.1) is 17.8 Å². The van der Waals surface area contributed by atoms with Crippen molar-refractivity contribution in [3.63, 3.8) is 0 Å². The molecule has 0 amide bonds. The summed E-state index contributed by atoms with van der Waals surface area (Å²) in [7, 11) is 0. The summed E-state index contributed by atoms with van der Waals surface area (Å²) in [4.78, 5) is 4.24. The van der Waals surface area contributed by atoms with Crippen molar-refractivity contribution in [2.75, 3.05) is 5.32 Å². The Bertz CT molecular complexity index is 995. The summed E-state index contributed by atoms with van der Waals surface area (Å²) in [6.45, 7) is 0.419. The first-order valence-electron chi connectivity index (χ1n) is 7.15. The van der Waals surface area contributed by atoms with Gasteiger partial charge >= 0.3 is 6.01 Å². The Labute approximate surface area is 140 Å². The first-order valence-corrected chi connectivity index (χ1v) is 7.53. The molecule has 0 aliphatic heterocycles. The van der Waals surface area contributed by atoms with Gasteiger partial charge in [-0.25, -0.2) is 4.39 Å². The molecule has 2 N–H and O–H groups in total. The number of aromatic nitrogens is 4. The molecule has 6 nitrogen and oxygen atoms in total. The van der Waals surface area contributed by atoms with E-state index in [0.29, 0.717) is 23.0 Å². The minimum absolute atomic E-state index is 0.263. The number of halogens is 2. The van der Waals surface area contributed by atoms with Crippen molar-refractivity contribution >= 4 is 28.5 Å². The van der Waals surface area contributed by atoms with Crippen LogP contribution in [0, 0.1) is 5.82 Å². The quantitative estimate of drug-likeness (QED) is 0.585. The van der Waals surface area contributed by atoms with Crippen LogP contribution in [0.3, 0.4) is 0 Å². The van der Waals surface area contributed by atoms with Gasteiger partial charge in [0.15, 0.2) is 0 Å². The molecule has 2 aromatic carbocycles. The molecular formula is C16H11ClFN5O. The lowest BCUT2D eigenvalue weighted by Crippen LogP contribution is -2.00. The van der Waals surface area contributed by atoms with Crippen LogP contribution >= 0.6 is 11.6 Å². The molecule has 0 aliphatic rings. The lowest BCUT2D eigenvalue weighted by molar-refractivity contribution is 0.432. The van der Waals surface area contributed by atoms with E-state index in [2.05, 4.69) is 25.7 Å². The summed E-state index contributed by atoms with van der Waals surface area (Å²) in [5, 5.41) is 15.6. The van der Waals surface area contributed by atoms with Gasteiger partial charge in [0, 0.05) is 16.0 Å². The van der Waals surface area contributed by atoms with Crippen LogP contribution in [0.1, 0.15) is 5.69 Å². The minimum atomic E-state index is -0.314. The van der Waals surface area contributed by atoms with Crippen molar-refractivity contribution in [2.45, 2.75) is 6.54 Å². The summed E-state index contributed by atoms with van der Waals surface area (Å²) in [6, 6.07) is 11.6. The van der Waals surface area contributed by atoms with E-state index in [9.17, 15) is 4.39 Å². The Morgan fingerprint density at radius 3 is 2.83 bits per heavy atom.